The molecule has 4 heteroatoms. The van der Waals surface area contributed by atoms with Gasteiger partial charge in [-0.25, -0.2) is 4.85 Å². The standard InChI is InChI=1S/C35H49NO3/c1-10-22(37)11-14-35-17-15-30(2,3)20-23(35)28-25(38)19-27-32(6)21-24(36-9)29(39)31(4,5)26(32)12-13-33(27,7)34(28,8)16-18-35/h19,21,23,26,28H,10-18,20H2,1-8H3/t23-,26-,28-,32-,33+,34+,35+/m0/s1. The predicted octanol–water partition coefficient (Wildman–Crippen LogP) is 8.32. The van der Waals surface area contributed by atoms with Crippen LogP contribution in [0, 0.1) is 56.8 Å². The van der Waals surface area contributed by atoms with Gasteiger partial charge in [0.1, 0.15) is 5.78 Å². The summed E-state index contributed by atoms with van der Waals surface area (Å²) >= 11 is 0. The first-order valence-corrected chi connectivity index (χ1v) is 15.4. The van der Waals surface area contributed by atoms with Gasteiger partial charge in [0, 0.05) is 29.6 Å². The maximum absolute atomic E-state index is 14.5. The van der Waals surface area contributed by atoms with Gasteiger partial charge in [0.05, 0.1) is 6.57 Å². The highest BCUT2D eigenvalue weighted by molar-refractivity contribution is 6.03. The number of hydrogen-bond donors (Lipinski definition) is 0. The van der Waals surface area contributed by atoms with Crippen molar-refractivity contribution in [2.75, 3.05) is 0 Å². The van der Waals surface area contributed by atoms with E-state index in [-0.39, 0.29) is 56.7 Å². The molecule has 0 N–H and O–H groups in total. The smallest absolute Gasteiger partial charge is 0.226 e. The molecule has 0 aliphatic heterocycles. The molecule has 0 unspecified atom stereocenters. The lowest BCUT2D eigenvalue weighted by Crippen LogP contribution is -2.64. The van der Waals surface area contributed by atoms with E-state index in [2.05, 4.69) is 39.5 Å². The Hall–Kier alpha value is -2.02. The maximum Gasteiger partial charge on any atom is 0.226 e. The van der Waals surface area contributed by atoms with Crippen LogP contribution < -0.4 is 0 Å². The molecule has 0 radical (unpaired) electrons. The van der Waals surface area contributed by atoms with E-state index >= 15 is 0 Å². The normalized spacial score (nSPS) is 44.0. The van der Waals surface area contributed by atoms with Crippen molar-refractivity contribution in [3.8, 4) is 0 Å². The van der Waals surface area contributed by atoms with Crippen LogP contribution in [0.1, 0.15) is 120 Å². The van der Waals surface area contributed by atoms with Gasteiger partial charge in [0.15, 0.2) is 11.6 Å². The molecule has 0 bridgehead atoms. The molecule has 4 nitrogen and oxygen atoms in total. The highest BCUT2D eigenvalue weighted by atomic mass is 16.1. The Labute approximate surface area is 236 Å². The second-order valence-corrected chi connectivity index (χ2v) is 16.0. The lowest BCUT2D eigenvalue weighted by atomic mass is 9.34. The largest absolute Gasteiger partial charge is 0.307 e. The van der Waals surface area contributed by atoms with Crippen molar-refractivity contribution in [2.24, 2.45) is 50.2 Å². The zero-order valence-electron chi connectivity index (χ0n) is 25.6. The minimum atomic E-state index is -0.632. The van der Waals surface area contributed by atoms with Crippen LogP contribution in [-0.2, 0) is 14.4 Å². The summed E-state index contributed by atoms with van der Waals surface area (Å²) in [5.74, 6) is 0.868. The monoisotopic (exact) mass is 531 g/mol. The zero-order valence-corrected chi connectivity index (χ0v) is 25.6. The highest BCUT2D eigenvalue weighted by Gasteiger charge is 2.69. The number of allylic oxidation sites excluding steroid dienone is 4. The number of carbonyl (C=O) groups is 3. The molecule has 0 aromatic heterocycles. The van der Waals surface area contributed by atoms with Crippen LogP contribution >= 0.6 is 0 Å². The SMILES string of the molecule is [C-]#[N+]C1=C[C@]2(C)C3=CC(=O)[C@@H]4[C@@H]5CC(C)(C)CC[C@]5(CCC(=O)CC)CC[C@@]4(C)[C@]3(C)CC[C@H]2C(C)(C)C1=O. The fourth-order valence-corrected chi connectivity index (χ4v) is 10.7. The van der Waals surface area contributed by atoms with E-state index in [1.54, 1.807) is 0 Å². The third-order valence-electron chi connectivity index (χ3n) is 13.3. The number of ketones is 3. The molecular weight excluding hydrogens is 482 g/mol. The molecule has 39 heavy (non-hydrogen) atoms. The molecule has 5 rings (SSSR count). The molecule has 0 aromatic rings. The summed E-state index contributed by atoms with van der Waals surface area (Å²) < 4.78 is 0. The Kier molecular flexibility index (Phi) is 6.39. The van der Waals surface area contributed by atoms with E-state index in [9.17, 15) is 14.4 Å². The molecule has 212 valence electrons. The topological polar surface area (TPSA) is 55.6 Å². The first kappa shape index (κ1) is 28.5. The summed E-state index contributed by atoms with van der Waals surface area (Å²) in [6.07, 6.45) is 13.4. The van der Waals surface area contributed by atoms with Crippen LogP contribution in [0.3, 0.4) is 0 Å². The quantitative estimate of drug-likeness (QED) is 0.343. The minimum absolute atomic E-state index is 0.0426. The van der Waals surface area contributed by atoms with E-state index in [1.807, 2.05) is 32.9 Å². The average molecular weight is 532 g/mol. The Bertz CT molecular complexity index is 1230. The van der Waals surface area contributed by atoms with Crippen LogP contribution in [0.4, 0.5) is 0 Å². The van der Waals surface area contributed by atoms with E-state index in [0.29, 0.717) is 18.6 Å². The van der Waals surface area contributed by atoms with Gasteiger partial charge in [-0.15, -0.1) is 0 Å². The summed E-state index contributed by atoms with van der Waals surface area (Å²) in [6, 6.07) is 0. The third-order valence-corrected chi connectivity index (χ3v) is 13.3. The van der Waals surface area contributed by atoms with E-state index in [4.69, 9.17) is 6.57 Å². The number of hydrogen-bond acceptors (Lipinski definition) is 3. The summed E-state index contributed by atoms with van der Waals surface area (Å²) in [5, 5.41) is 0. The summed E-state index contributed by atoms with van der Waals surface area (Å²) in [7, 11) is 0. The van der Waals surface area contributed by atoms with Gasteiger partial charge in [-0.3, -0.25) is 9.59 Å². The van der Waals surface area contributed by atoms with Crippen molar-refractivity contribution in [1.29, 1.82) is 0 Å². The van der Waals surface area contributed by atoms with Crippen LogP contribution in [0.2, 0.25) is 0 Å². The van der Waals surface area contributed by atoms with Gasteiger partial charge in [0.25, 0.3) is 0 Å². The first-order chi connectivity index (χ1) is 18.0. The van der Waals surface area contributed by atoms with Crippen molar-refractivity contribution >= 4 is 17.3 Å². The summed E-state index contributed by atoms with van der Waals surface area (Å²) in [5.41, 5.74) is 0.187. The molecular formula is C35H49NO3. The molecule has 5 aliphatic carbocycles. The van der Waals surface area contributed by atoms with Gasteiger partial charge in [-0.1, -0.05) is 67.0 Å². The van der Waals surface area contributed by atoms with Crippen molar-refractivity contribution in [1.82, 2.24) is 0 Å². The molecule has 5 aliphatic rings. The number of nitrogens with zero attached hydrogens (tertiary/aromatic N) is 1. The molecule has 3 fully saturated rings. The molecule has 0 saturated heterocycles. The Morgan fingerprint density at radius 2 is 1.67 bits per heavy atom. The Balaban J connectivity index is 1.65. The maximum atomic E-state index is 14.5. The minimum Gasteiger partial charge on any atom is -0.307 e. The molecule has 7 atom stereocenters. The summed E-state index contributed by atoms with van der Waals surface area (Å²) in [4.78, 5) is 44.0. The van der Waals surface area contributed by atoms with Crippen LogP contribution in [0.15, 0.2) is 23.4 Å². The third kappa shape index (κ3) is 3.77. The number of fused-ring (bicyclic) bond motifs is 7. The fraction of sp³-hybridized carbons (Fsp3) is 0.771. The Morgan fingerprint density at radius 3 is 2.31 bits per heavy atom. The van der Waals surface area contributed by atoms with Gasteiger partial charge in [-0.05, 0) is 90.9 Å². The Morgan fingerprint density at radius 1 is 1.00 bits per heavy atom. The van der Waals surface area contributed by atoms with Gasteiger partial charge in [-0.2, -0.15) is 0 Å². The van der Waals surface area contributed by atoms with E-state index in [0.717, 1.165) is 51.4 Å². The highest BCUT2D eigenvalue weighted by Crippen LogP contribution is 2.75. The number of carbonyl (C=O) groups excluding carboxylic acids is 3. The molecule has 0 amide bonds. The molecule has 0 aromatic carbocycles. The molecule has 0 spiro atoms. The molecule has 3 saturated carbocycles. The first-order valence-electron chi connectivity index (χ1n) is 15.4. The van der Waals surface area contributed by atoms with Crippen LogP contribution in [0.25, 0.3) is 4.85 Å². The van der Waals surface area contributed by atoms with Crippen molar-refractivity contribution in [3.05, 3.63) is 34.8 Å². The predicted molar refractivity (Wildman–Crippen MR) is 154 cm³/mol. The van der Waals surface area contributed by atoms with Gasteiger partial charge in [0.2, 0.25) is 5.70 Å². The van der Waals surface area contributed by atoms with Crippen molar-refractivity contribution < 1.29 is 14.4 Å². The lowest BCUT2D eigenvalue weighted by molar-refractivity contribution is -0.172. The zero-order chi connectivity index (χ0) is 28.8. The van der Waals surface area contributed by atoms with Crippen LogP contribution in [0.5, 0.6) is 0 Å². The lowest BCUT2D eigenvalue weighted by Gasteiger charge is -2.69. The number of Topliss-reactive ketones (excluding diaryl/α,β-unsaturated/α-hetero) is 2. The molecule has 0 heterocycles. The summed E-state index contributed by atoms with van der Waals surface area (Å²) in [6.45, 7) is 25.5. The number of rotatable bonds is 4. The average Bonchev–Trinajstić information content (AvgIpc) is 2.86. The second kappa shape index (κ2) is 8.74. The fourth-order valence-electron chi connectivity index (χ4n) is 10.7. The van der Waals surface area contributed by atoms with Crippen molar-refractivity contribution in [2.45, 2.75) is 120 Å². The van der Waals surface area contributed by atoms with Gasteiger partial charge < -0.3 is 4.79 Å². The van der Waals surface area contributed by atoms with Gasteiger partial charge >= 0.3 is 0 Å². The van der Waals surface area contributed by atoms with E-state index < -0.39 is 10.8 Å². The second-order valence-electron chi connectivity index (χ2n) is 16.0. The van der Waals surface area contributed by atoms with Crippen LogP contribution in [-0.4, -0.2) is 17.3 Å². The van der Waals surface area contributed by atoms with Crippen molar-refractivity contribution in [3.63, 3.8) is 0 Å². The van der Waals surface area contributed by atoms with E-state index in [1.165, 1.54) is 5.57 Å².